The van der Waals surface area contributed by atoms with Crippen LogP contribution in [0.3, 0.4) is 0 Å². The highest BCUT2D eigenvalue weighted by molar-refractivity contribution is 5.95. The number of hydrogen-bond donors (Lipinski definition) is 1. The zero-order valence-electron chi connectivity index (χ0n) is 16.1. The van der Waals surface area contributed by atoms with Crippen molar-refractivity contribution in [1.82, 2.24) is 14.7 Å². The molecule has 1 saturated heterocycles. The van der Waals surface area contributed by atoms with Gasteiger partial charge in [0.1, 0.15) is 0 Å². The summed E-state index contributed by atoms with van der Waals surface area (Å²) in [4.78, 5) is 26.8. The molecule has 1 N–H and O–H groups in total. The summed E-state index contributed by atoms with van der Waals surface area (Å²) in [6, 6.07) is 8.08. The zero-order chi connectivity index (χ0) is 19.4. The molecule has 2 fully saturated rings. The van der Waals surface area contributed by atoms with Gasteiger partial charge >= 0.3 is 5.97 Å². The van der Waals surface area contributed by atoms with Crippen molar-refractivity contribution in [2.75, 3.05) is 13.1 Å². The van der Waals surface area contributed by atoms with Crippen LogP contribution in [0.4, 0.5) is 0 Å². The first kappa shape index (κ1) is 17.5. The number of fused-ring (bicyclic) bond motifs is 1. The van der Waals surface area contributed by atoms with Gasteiger partial charge in [0.15, 0.2) is 5.69 Å². The minimum atomic E-state index is -0.775. The SMILES string of the molecule is Cc1ccccc1-n1nc(C(=O)N2C[C@H](C(=O)O)[C@@H](C3CC3)C2)c2c1CCC2. The molecule has 2 aromatic rings. The molecule has 6 nitrogen and oxygen atoms in total. The van der Waals surface area contributed by atoms with E-state index in [4.69, 9.17) is 5.10 Å². The van der Waals surface area contributed by atoms with Gasteiger partial charge in [-0.1, -0.05) is 18.2 Å². The van der Waals surface area contributed by atoms with Crippen LogP contribution in [0.1, 0.15) is 46.6 Å². The Hall–Kier alpha value is -2.63. The summed E-state index contributed by atoms with van der Waals surface area (Å²) in [6.45, 7) is 2.91. The first-order valence-corrected chi connectivity index (χ1v) is 10.2. The van der Waals surface area contributed by atoms with Crippen LogP contribution in [-0.2, 0) is 17.6 Å². The minimum Gasteiger partial charge on any atom is -0.481 e. The molecule has 5 rings (SSSR count). The maximum atomic E-state index is 13.4. The second-order valence-electron chi connectivity index (χ2n) is 8.48. The van der Waals surface area contributed by atoms with Crippen molar-refractivity contribution >= 4 is 11.9 Å². The molecule has 0 bridgehead atoms. The predicted octanol–water partition coefficient (Wildman–Crippen LogP) is 2.85. The summed E-state index contributed by atoms with van der Waals surface area (Å²) in [6.07, 6.45) is 5.00. The molecule has 2 aliphatic carbocycles. The molecule has 1 aliphatic heterocycles. The van der Waals surface area contributed by atoms with Gasteiger partial charge in [0.05, 0.1) is 11.6 Å². The lowest BCUT2D eigenvalue weighted by atomic mass is 9.92. The van der Waals surface area contributed by atoms with Gasteiger partial charge in [-0.2, -0.15) is 5.10 Å². The van der Waals surface area contributed by atoms with Crippen molar-refractivity contribution in [3.05, 3.63) is 46.8 Å². The number of rotatable bonds is 4. The van der Waals surface area contributed by atoms with Gasteiger partial charge in [0.25, 0.3) is 5.91 Å². The van der Waals surface area contributed by atoms with Gasteiger partial charge in [-0.15, -0.1) is 0 Å². The molecule has 0 spiro atoms. The number of nitrogens with zero attached hydrogens (tertiary/aromatic N) is 3. The summed E-state index contributed by atoms with van der Waals surface area (Å²) in [7, 11) is 0. The van der Waals surface area contributed by atoms with E-state index >= 15 is 0 Å². The van der Waals surface area contributed by atoms with Gasteiger partial charge in [-0.05, 0) is 62.5 Å². The highest BCUT2D eigenvalue weighted by atomic mass is 16.4. The van der Waals surface area contributed by atoms with Crippen molar-refractivity contribution < 1.29 is 14.7 Å². The summed E-state index contributed by atoms with van der Waals surface area (Å²) >= 11 is 0. The second kappa shape index (κ2) is 6.47. The molecule has 1 aromatic heterocycles. The minimum absolute atomic E-state index is 0.0907. The molecule has 0 radical (unpaired) electrons. The molecule has 2 heterocycles. The van der Waals surface area contributed by atoms with Crippen molar-refractivity contribution in [3.8, 4) is 5.69 Å². The van der Waals surface area contributed by atoms with Crippen LogP contribution < -0.4 is 0 Å². The quantitative estimate of drug-likeness (QED) is 0.886. The Morgan fingerprint density at radius 1 is 1.14 bits per heavy atom. The average Bonchev–Trinajstić information content (AvgIpc) is 3.11. The molecule has 28 heavy (non-hydrogen) atoms. The average molecular weight is 379 g/mol. The van der Waals surface area contributed by atoms with Crippen molar-refractivity contribution in [1.29, 1.82) is 0 Å². The fraction of sp³-hybridized carbons (Fsp3) is 0.500. The van der Waals surface area contributed by atoms with Crippen molar-refractivity contribution in [2.45, 2.75) is 39.0 Å². The van der Waals surface area contributed by atoms with E-state index < -0.39 is 11.9 Å². The summed E-state index contributed by atoms with van der Waals surface area (Å²) < 4.78 is 1.94. The number of likely N-dealkylation sites (tertiary alicyclic amines) is 1. The predicted molar refractivity (Wildman–Crippen MR) is 104 cm³/mol. The molecule has 0 unspecified atom stereocenters. The lowest BCUT2D eigenvalue weighted by Gasteiger charge is -2.15. The highest BCUT2D eigenvalue weighted by Crippen LogP contribution is 2.44. The lowest BCUT2D eigenvalue weighted by Crippen LogP contribution is -2.31. The normalized spacial score (nSPS) is 23.8. The van der Waals surface area contributed by atoms with E-state index in [1.165, 1.54) is 0 Å². The number of aromatic nitrogens is 2. The largest absolute Gasteiger partial charge is 0.481 e. The third kappa shape index (κ3) is 2.74. The number of carbonyl (C=O) groups excluding carboxylic acids is 1. The van der Waals surface area contributed by atoms with E-state index in [2.05, 4.69) is 13.0 Å². The Bertz CT molecular complexity index is 960. The Balaban J connectivity index is 1.49. The first-order valence-electron chi connectivity index (χ1n) is 10.2. The van der Waals surface area contributed by atoms with E-state index in [9.17, 15) is 14.7 Å². The molecule has 146 valence electrons. The molecule has 1 amide bonds. The number of amides is 1. The number of carboxylic acid groups (broad SMARTS) is 1. The number of carbonyl (C=O) groups is 2. The van der Waals surface area contributed by atoms with E-state index in [0.717, 1.165) is 54.6 Å². The van der Waals surface area contributed by atoms with Crippen molar-refractivity contribution in [2.24, 2.45) is 17.8 Å². The Labute approximate surface area is 164 Å². The standard InChI is InChI=1S/C22H25N3O3/c1-13-5-2-3-7-18(13)25-19-8-4-6-15(19)20(23-25)21(26)24-11-16(14-9-10-14)17(12-24)22(27)28/h2-3,5,7,14,16-17H,4,6,8-12H2,1H3,(H,27,28)/t16-,17+/m1/s1. The van der Waals surface area contributed by atoms with Gasteiger partial charge in [-0.3, -0.25) is 9.59 Å². The Morgan fingerprint density at radius 3 is 2.64 bits per heavy atom. The summed E-state index contributed by atoms with van der Waals surface area (Å²) in [5.41, 5.74) is 4.84. The van der Waals surface area contributed by atoms with Crippen LogP contribution in [0.5, 0.6) is 0 Å². The number of aliphatic carboxylic acids is 1. The van der Waals surface area contributed by atoms with E-state index in [0.29, 0.717) is 24.7 Å². The van der Waals surface area contributed by atoms with Crippen LogP contribution in [0.15, 0.2) is 24.3 Å². The van der Waals surface area contributed by atoms with E-state index in [1.54, 1.807) is 4.90 Å². The number of hydrogen-bond acceptors (Lipinski definition) is 3. The van der Waals surface area contributed by atoms with Crippen LogP contribution in [0.2, 0.25) is 0 Å². The molecular formula is C22H25N3O3. The third-order valence-electron chi connectivity index (χ3n) is 6.67. The van der Waals surface area contributed by atoms with Gasteiger partial charge < -0.3 is 10.0 Å². The van der Waals surface area contributed by atoms with Crippen LogP contribution >= 0.6 is 0 Å². The highest BCUT2D eigenvalue weighted by Gasteiger charge is 2.47. The van der Waals surface area contributed by atoms with Crippen LogP contribution in [0.25, 0.3) is 5.69 Å². The number of carboxylic acids is 1. The molecule has 6 heteroatoms. The monoisotopic (exact) mass is 379 g/mol. The van der Waals surface area contributed by atoms with E-state index in [-0.39, 0.29) is 11.8 Å². The summed E-state index contributed by atoms with van der Waals surface area (Å²) in [5, 5.41) is 14.4. The van der Waals surface area contributed by atoms with Gasteiger partial charge in [0, 0.05) is 24.3 Å². The number of para-hydroxylation sites is 1. The molecule has 1 saturated carbocycles. The van der Waals surface area contributed by atoms with E-state index in [1.807, 2.05) is 22.9 Å². The summed E-state index contributed by atoms with van der Waals surface area (Å²) in [5.74, 6) is -0.757. The molecular weight excluding hydrogens is 354 g/mol. The smallest absolute Gasteiger partial charge is 0.308 e. The third-order valence-corrected chi connectivity index (χ3v) is 6.67. The fourth-order valence-corrected chi connectivity index (χ4v) is 5.02. The van der Waals surface area contributed by atoms with Gasteiger partial charge in [-0.25, -0.2) is 4.68 Å². The second-order valence-corrected chi connectivity index (χ2v) is 8.48. The maximum absolute atomic E-state index is 13.4. The molecule has 2 atom stereocenters. The zero-order valence-corrected chi connectivity index (χ0v) is 16.1. The topological polar surface area (TPSA) is 75.4 Å². The first-order chi connectivity index (χ1) is 13.5. The number of benzene rings is 1. The van der Waals surface area contributed by atoms with Crippen molar-refractivity contribution in [3.63, 3.8) is 0 Å². The fourth-order valence-electron chi connectivity index (χ4n) is 5.02. The van der Waals surface area contributed by atoms with Crippen LogP contribution in [0, 0.1) is 24.7 Å². The van der Waals surface area contributed by atoms with Gasteiger partial charge in [0.2, 0.25) is 0 Å². The molecule has 3 aliphatic rings. The number of aryl methyl sites for hydroxylation is 1. The Kier molecular flexibility index (Phi) is 4.03. The maximum Gasteiger partial charge on any atom is 0.308 e. The Morgan fingerprint density at radius 2 is 1.93 bits per heavy atom. The van der Waals surface area contributed by atoms with Crippen LogP contribution in [-0.4, -0.2) is 44.8 Å². The molecule has 1 aromatic carbocycles. The lowest BCUT2D eigenvalue weighted by molar-refractivity contribution is -0.142.